The van der Waals surface area contributed by atoms with Crippen LogP contribution in [0.4, 0.5) is 0 Å². The highest BCUT2D eigenvalue weighted by atomic mass is 79.9. The Morgan fingerprint density at radius 2 is 2.23 bits per heavy atom. The van der Waals surface area contributed by atoms with Crippen molar-refractivity contribution in [2.75, 3.05) is 0 Å². The largest absolute Gasteiger partial charge is 0.490 e. The van der Waals surface area contributed by atoms with Crippen LogP contribution in [0.25, 0.3) is 6.08 Å². The molecule has 0 aliphatic heterocycles. The highest BCUT2D eigenvalue weighted by Gasteiger charge is 2.24. The summed E-state index contributed by atoms with van der Waals surface area (Å²) in [5.74, 6) is 0.945. The first-order valence-corrected chi connectivity index (χ1v) is 5.17. The third-order valence-corrected chi connectivity index (χ3v) is 2.50. The maximum Gasteiger partial charge on any atom is 0.126 e. The Labute approximate surface area is 86.5 Å². The SMILES string of the molecule is C=Cc1cc(Br)ccc1OC1CC1. The van der Waals surface area contributed by atoms with Gasteiger partial charge in [0.25, 0.3) is 0 Å². The Bertz CT molecular complexity index is 329. The van der Waals surface area contributed by atoms with Crippen LogP contribution in [0.5, 0.6) is 5.75 Å². The lowest BCUT2D eigenvalue weighted by Gasteiger charge is -2.07. The van der Waals surface area contributed by atoms with E-state index in [1.807, 2.05) is 24.3 Å². The van der Waals surface area contributed by atoms with E-state index in [2.05, 4.69) is 22.5 Å². The second-order valence-corrected chi connectivity index (χ2v) is 4.12. The van der Waals surface area contributed by atoms with Gasteiger partial charge in [0.05, 0.1) is 6.10 Å². The molecule has 0 amide bonds. The lowest BCUT2D eigenvalue weighted by Crippen LogP contribution is -1.97. The molecule has 0 radical (unpaired) electrons. The van der Waals surface area contributed by atoms with Crippen LogP contribution in [0, 0.1) is 0 Å². The van der Waals surface area contributed by atoms with Crippen molar-refractivity contribution in [3.63, 3.8) is 0 Å². The van der Waals surface area contributed by atoms with E-state index in [1.54, 1.807) is 0 Å². The van der Waals surface area contributed by atoms with Gasteiger partial charge in [0, 0.05) is 10.0 Å². The standard InChI is InChI=1S/C11H11BrO/c1-2-8-7-9(12)3-6-11(8)13-10-4-5-10/h2-3,6-7,10H,1,4-5H2. The predicted molar refractivity (Wildman–Crippen MR) is 57.9 cm³/mol. The summed E-state index contributed by atoms with van der Waals surface area (Å²) < 4.78 is 6.77. The van der Waals surface area contributed by atoms with Crippen LogP contribution in [-0.4, -0.2) is 6.10 Å². The van der Waals surface area contributed by atoms with Crippen molar-refractivity contribution in [2.24, 2.45) is 0 Å². The summed E-state index contributed by atoms with van der Waals surface area (Å²) in [6.45, 7) is 3.76. The Morgan fingerprint density at radius 3 is 2.85 bits per heavy atom. The van der Waals surface area contributed by atoms with E-state index in [9.17, 15) is 0 Å². The summed E-state index contributed by atoms with van der Waals surface area (Å²) >= 11 is 3.42. The Kier molecular flexibility index (Phi) is 2.40. The topological polar surface area (TPSA) is 9.23 Å². The molecule has 0 unspecified atom stereocenters. The molecule has 1 saturated carbocycles. The van der Waals surface area contributed by atoms with Crippen LogP contribution in [0.3, 0.4) is 0 Å². The lowest BCUT2D eigenvalue weighted by atomic mass is 10.2. The van der Waals surface area contributed by atoms with Gasteiger partial charge in [-0.25, -0.2) is 0 Å². The van der Waals surface area contributed by atoms with E-state index in [0.717, 1.165) is 15.8 Å². The van der Waals surface area contributed by atoms with Gasteiger partial charge < -0.3 is 4.74 Å². The highest BCUT2D eigenvalue weighted by molar-refractivity contribution is 9.10. The minimum absolute atomic E-state index is 0.444. The van der Waals surface area contributed by atoms with E-state index in [0.29, 0.717) is 6.10 Å². The molecule has 0 saturated heterocycles. The first-order valence-electron chi connectivity index (χ1n) is 4.38. The average molecular weight is 239 g/mol. The van der Waals surface area contributed by atoms with Crippen LogP contribution < -0.4 is 4.74 Å². The van der Waals surface area contributed by atoms with Crippen LogP contribution in [-0.2, 0) is 0 Å². The molecule has 1 fully saturated rings. The first kappa shape index (κ1) is 8.82. The van der Waals surface area contributed by atoms with Gasteiger partial charge in [0.2, 0.25) is 0 Å². The zero-order valence-electron chi connectivity index (χ0n) is 7.29. The summed E-state index contributed by atoms with van der Waals surface area (Å²) in [5, 5.41) is 0. The molecule has 1 aliphatic rings. The molecule has 0 aromatic heterocycles. The van der Waals surface area contributed by atoms with Crippen LogP contribution >= 0.6 is 15.9 Å². The van der Waals surface area contributed by atoms with Gasteiger partial charge in [-0.2, -0.15) is 0 Å². The van der Waals surface area contributed by atoms with Gasteiger partial charge in [-0.15, -0.1) is 0 Å². The van der Waals surface area contributed by atoms with Crippen molar-refractivity contribution in [3.05, 3.63) is 34.8 Å². The second kappa shape index (κ2) is 3.54. The molecule has 0 atom stereocenters. The highest BCUT2D eigenvalue weighted by Crippen LogP contribution is 2.31. The predicted octanol–water partition coefficient (Wildman–Crippen LogP) is 3.63. The summed E-state index contributed by atoms with van der Waals surface area (Å²) in [6.07, 6.45) is 4.64. The van der Waals surface area contributed by atoms with Gasteiger partial charge in [-0.1, -0.05) is 28.6 Å². The molecule has 1 aromatic rings. The fraction of sp³-hybridized carbons (Fsp3) is 0.273. The molecule has 13 heavy (non-hydrogen) atoms. The van der Waals surface area contributed by atoms with E-state index in [4.69, 9.17) is 4.74 Å². The minimum atomic E-state index is 0.444. The van der Waals surface area contributed by atoms with E-state index in [-0.39, 0.29) is 0 Å². The molecule has 1 aromatic carbocycles. The molecule has 1 nitrogen and oxygen atoms in total. The summed E-state index contributed by atoms with van der Waals surface area (Å²) in [6, 6.07) is 5.99. The number of halogens is 1. The van der Waals surface area contributed by atoms with Crippen molar-refractivity contribution in [2.45, 2.75) is 18.9 Å². The van der Waals surface area contributed by atoms with E-state index in [1.165, 1.54) is 12.8 Å². The summed E-state index contributed by atoms with van der Waals surface area (Å²) in [5.41, 5.74) is 1.06. The average Bonchev–Trinajstić information content (AvgIpc) is 2.92. The lowest BCUT2D eigenvalue weighted by molar-refractivity contribution is 0.302. The quantitative estimate of drug-likeness (QED) is 0.782. The van der Waals surface area contributed by atoms with Crippen molar-refractivity contribution in [3.8, 4) is 5.75 Å². The zero-order chi connectivity index (χ0) is 9.26. The molecule has 1 aliphatic carbocycles. The third kappa shape index (κ3) is 2.13. The maximum absolute atomic E-state index is 5.71. The number of hydrogen-bond donors (Lipinski definition) is 0. The van der Waals surface area contributed by atoms with Crippen LogP contribution in [0.2, 0.25) is 0 Å². The third-order valence-electron chi connectivity index (χ3n) is 2.01. The van der Waals surface area contributed by atoms with Crippen LogP contribution in [0.1, 0.15) is 18.4 Å². The number of rotatable bonds is 3. The van der Waals surface area contributed by atoms with E-state index < -0.39 is 0 Å². The number of hydrogen-bond acceptors (Lipinski definition) is 1. The maximum atomic E-state index is 5.71. The second-order valence-electron chi connectivity index (χ2n) is 3.20. The van der Waals surface area contributed by atoms with Gasteiger partial charge in [0.1, 0.15) is 5.75 Å². The first-order chi connectivity index (χ1) is 6.29. The van der Waals surface area contributed by atoms with Gasteiger partial charge in [-0.3, -0.25) is 0 Å². The molecule has 0 spiro atoms. The molecule has 2 rings (SSSR count). The Morgan fingerprint density at radius 1 is 1.46 bits per heavy atom. The molecule has 0 bridgehead atoms. The minimum Gasteiger partial charge on any atom is -0.490 e. The van der Waals surface area contributed by atoms with Crippen molar-refractivity contribution in [1.82, 2.24) is 0 Å². The van der Waals surface area contributed by atoms with Crippen molar-refractivity contribution >= 4 is 22.0 Å². The molecule has 68 valence electrons. The van der Waals surface area contributed by atoms with E-state index >= 15 is 0 Å². The number of ether oxygens (including phenoxy) is 1. The van der Waals surface area contributed by atoms with Gasteiger partial charge in [-0.05, 0) is 31.0 Å². The molecule has 0 N–H and O–H groups in total. The van der Waals surface area contributed by atoms with Crippen molar-refractivity contribution in [1.29, 1.82) is 0 Å². The van der Waals surface area contributed by atoms with Crippen molar-refractivity contribution < 1.29 is 4.74 Å². The Balaban J connectivity index is 2.25. The fourth-order valence-corrected chi connectivity index (χ4v) is 1.53. The normalized spacial score (nSPS) is 15.5. The smallest absolute Gasteiger partial charge is 0.126 e. The summed E-state index contributed by atoms with van der Waals surface area (Å²) in [4.78, 5) is 0. The number of benzene rings is 1. The van der Waals surface area contributed by atoms with Crippen LogP contribution in [0.15, 0.2) is 29.3 Å². The monoisotopic (exact) mass is 238 g/mol. The molecule has 0 heterocycles. The molecular weight excluding hydrogens is 228 g/mol. The fourth-order valence-electron chi connectivity index (χ4n) is 1.15. The molecular formula is C11H11BrO. The van der Waals surface area contributed by atoms with Gasteiger partial charge >= 0.3 is 0 Å². The Hall–Kier alpha value is -0.760. The molecule has 2 heteroatoms. The summed E-state index contributed by atoms with van der Waals surface area (Å²) in [7, 11) is 0. The zero-order valence-corrected chi connectivity index (χ0v) is 8.88. The van der Waals surface area contributed by atoms with Gasteiger partial charge in [0.15, 0.2) is 0 Å².